The molecule has 1 aromatic carbocycles. The van der Waals surface area contributed by atoms with Crippen LogP contribution in [-0.4, -0.2) is 136 Å². The van der Waals surface area contributed by atoms with Gasteiger partial charge < -0.3 is 53.6 Å². The number of methoxy groups -OCH3 is 1. The molecule has 4 fully saturated rings. The molecule has 4 aliphatic heterocycles. The molecule has 57 heavy (non-hydrogen) atoms. The number of hydrogen-bond acceptors (Lipinski definition) is 13. The molecule has 0 aromatic heterocycles. The third-order valence-electron chi connectivity index (χ3n) is 13.6. The number of ether oxygens (including phenoxy) is 7. The zero-order chi connectivity index (χ0) is 42.4. The van der Waals surface area contributed by atoms with Gasteiger partial charge in [0.05, 0.1) is 53.7 Å². The van der Waals surface area contributed by atoms with E-state index in [4.69, 9.17) is 33.2 Å². The first-order valence-electron chi connectivity index (χ1n) is 20.8. The SMILES string of the molecule is CC[C@@H](O)[C@@](C)(O)[C@@H]1OC(=O)[C@H](C)[C@@H](O[C@H]2CC(C)(OC)[C@@H](O)C(C)O2)[C@H](C)[C@@H](O[C@@H]2OC(C)CC(N(C)Cc3ccc(F)cc3)C2O)[C@@]2(C)CC(C)C(O2)[C@@H]1C. The van der Waals surface area contributed by atoms with Crippen LogP contribution in [0.2, 0.25) is 0 Å². The maximum absolute atomic E-state index is 14.4. The lowest BCUT2D eigenvalue weighted by atomic mass is 9.76. The van der Waals surface area contributed by atoms with E-state index in [0.29, 0.717) is 19.4 Å². The number of rotatable bonds is 11. The Balaban J connectivity index is 1.55. The fraction of sp³-hybridized carbons (Fsp3) is 0.837. The van der Waals surface area contributed by atoms with Crippen LogP contribution in [0.4, 0.5) is 4.39 Å². The van der Waals surface area contributed by atoms with Gasteiger partial charge in [-0.1, -0.05) is 39.8 Å². The lowest BCUT2D eigenvalue weighted by molar-refractivity contribution is -0.318. The Labute approximate surface area is 338 Å². The van der Waals surface area contributed by atoms with Gasteiger partial charge in [-0.15, -0.1) is 0 Å². The fourth-order valence-electron chi connectivity index (χ4n) is 10.1. The first-order valence-corrected chi connectivity index (χ1v) is 20.8. The molecule has 4 aliphatic rings. The van der Waals surface area contributed by atoms with Gasteiger partial charge in [-0.2, -0.15) is 0 Å². The van der Waals surface area contributed by atoms with Gasteiger partial charge in [0.1, 0.15) is 29.7 Å². The number of aliphatic hydroxyl groups excluding tert-OH is 3. The number of cyclic esters (lactones) is 1. The Morgan fingerprint density at radius 2 is 1.67 bits per heavy atom. The highest BCUT2D eigenvalue weighted by atomic mass is 19.1. The van der Waals surface area contributed by atoms with Crippen LogP contribution in [0.3, 0.4) is 0 Å². The van der Waals surface area contributed by atoms with Crippen LogP contribution in [0.1, 0.15) is 100 Å². The molecule has 0 radical (unpaired) electrons. The summed E-state index contributed by atoms with van der Waals surface area (Å²) in [5.41, 5.74) is -2.96. The number of halogens is 1. The quantitative estimate of drug-likeness (QED) is 0.234. The van der Waals surface area contributed by atoms with Crippen molar-refractivity contribution >= 4 is 5.97 Å². The Morgan fingerprint density at radius 1 is 1.02 bits per heavy atom. The van der Waals surface area contributed by atoms with Crippen LogP contribution < -0.4 is 0 Å². The fourth-order valence-corrected chi connectivity index (χ4v) is 10.1. The Bertz CT molecular complexity index is 1490. The molecule has 0 spiro atoms. The minimum atomic E-state index is -1.82. The summed E-state index contributed by atoms with van der Waals surface area (Å²) in [5.74, 6) is -3.22. The van der Waals surface area contributed by atoms with Crippen LogP contribution in [0.5, 0.6) is 0 Å². The largest absolute Gasteiger partial charge is 0.459 e. The molecule has 4 heterocycles. The van der Waals surface area contributed by atoms with Gasteiger partial charge in [-0.3, -0.25) is 9.69 Å². The molecule has 0 saturated carbocycles. The van der Waals surface area contributed by atoms with E-state index in [2.05, 4.69) is 0 Å². The molecular formula is C43H70FNO12. The first kappa shape index (κ1) is 46.2. The number of benzene rings is 1. The van der Waals surface area contributed by atoms with E-state index in [0.717, 1.165) is 5.56 Å². The molecule has 326 valence electrons. The zero-order valence-corrected chi connectivity index (χ0v) is 36.0. The second-order valence-electron chi connectivity index (χ2n) is 18.3. The predicted octanol–water partition coefficient (Wildman–Crippen LogP) is 4.33. The minimum Gasteiger partial charge on any atom is -0.459 e. The second-order valence-corrected chi connectivity index (χ2v) is 18.3. The van der Waals surface area contributed by atoms with E-state index >= 15 is 0 Å². The predicted molar refractivity (Wildman–Crippen MR) is 208 cm³/mol. The van der Waals surface area contributed by atoms with Crippen molar-refractivity contribution < 1.29 is 62.8 Å². The van der Waals surface area contributed by atoms with Gasteiger partial charge in [0.25, 0.3) is 0 Å². The molecule has 7 unspecified atom stereocenters. The molecular weight excluding hydrogens is 741 g/mol. The van der Waals surface area contributed by atoms with Gasteiger partial charge in [0.2, 0.25) is 0 Å². The lowest BCUT2D eigenvalue weighted by Crippen LogP contribution is -2.60. The van der Waals surface area contributed by atoms with Gasteiger partial charge in [-0.25, -0.2) is 4.39 Å². The van der Waals surface area contributed by atoms with E-state index in [1.54, 1.807) is 39.8 Å². The number of nitrogens with zero attached hydrogens (tertiary/aromatic N) is 1. The summed E-state index contributed by atoms with van der Waals surface area (Å²) in [6.45, 7) is 18.6. The van der Waals surface area contributed by atoms with Crippen LogP contribution in [-0.2, 0) is 44.5 Å². The number of aliphatic hydroxyl groups is 4. The van der Waals surface area contributed by atoms with Crippen molar-refractivity contribution in [2.75, 3.05) is 14.2 Å². The molecule has 2 bridgehead atoms. The molecule has 5 rings (SSSR count). The smallest absolute Gasteiger partial charge is 0.311 e. The lowest BCUT2D eigenvalue weighted by Gasteiger charge is -2.48. The highest BCUT2D eigenvalue weighted by Crippen LogP contribution is 2.48. The molecule has 13 nitrogen and oxygen atoms in total. The van der Waals surface area contributed by atoms with Crippen LogP contribution in [0, 0.1) is 29.5 Å². The molecule has 19 atom stereocenters. The van der Waals surface area contributed by atoms with Crippen molar-refractivity contribution in [1.29, 1.82) is 0 Å². The summed E-state index contributed by atoms with van der Waals surface area (Å²) in [4.78, 5) is 16.4. The Hall–Kier alpha value is -1.82. The van der Waals surface area contributed by atoms with E-state index in [1.165, 1.54) is 26.2 Å². The highest BCUT2D eigenvalue weighted by molar-refractivity contribution is 5.73. The van der Waals surface area contributed by atoms with Crippen LogP contribution >= 0.6 is 0 Å². The average Bonchev–Trinajstić information content (AvgIpc) is 3.48. The number of hydrogen-bond donors (Lipinski definition) is 4. The standard InChI is InChI=1S/C43H70FNO12/c1-13-31(46)43(10,50)38-24(4)34-22(2)19-42(9,57-34)37(56-40-33(47)30(18-23(3)52-40)45(11)21-28-14-16-29(44)17-15-28)25(5)35(26(6)39(49)55-38)54-32-20-41(8,51-12)36(48)27(7)53-32/h14-17,22-27,30-38,40,46-48,50H,13,18-21H2,1-12H3/t22?,23?,24-,25-,26+,27?,30?,31+,32-,33?,34?,35-,36-,37+,38+,40-,41?,42+,43+/m0/s1. The van der Waals surface area contributed by atoms with Gasteiger partial charge in [0, 0.05) is 38.0 Å². The molecule has 0 aliphatic carbocycles. The van der Waals surface area contributed by atoms with E-state index in [9.17, 15) is 29.6 Å². The van der Waals surface area contributed by atoms with Crippen LogP contribution in [0.15, 0.2) is 24.3 Å². The van der Waals surface area contributed by atoms with Crippen molar-refractivity contribution in [2.24, 2.45) is 23.7 Å². The minimum absolute atomic E-state index is 0.104. The molecule has 4 N–H and O–H groups in total. The van der Waals surface area contributed by atoms with Gasteiger partial charge >= 0.3 is 5.97 Å². The topological polar surface area (TPSA) is 166 Å². The molecule has 14 heteroatoms. The summed E-state index contributed by atoms with van der Waals surface area (Å²) in [6, 6.07) is 5.90. The monoisotopic (exact) mass is 811 g/mol. The van der Waals surface area contributed by atoms with E-state index < -0.39 is 102 Å². The number of carbonyl (C=O) groups excluding carboxylic acids is 1. The number of fused-ring (bicyclic) bond motifs is 2. The summed E-state index contributed by atoms with van der Waals surface area (Å²) < 4.78 is 59.2. The molecule has 1 aromatic rings. The van der Waals surface area contributed by atoms with Gasteiger partial charge in [0.15, 0.2) is 12.6 Å². The van der Waals surface area contributed by atoms with E-state index in [1.807, 2.05) is 46.6 Å². The van der Waals surface area contributed by atoms with Crippen molar-refractivity contribution in [1.82, 2.24) is 4.90 Å². The van der Waals surface area contributed by atoms with Crippen molar-refractivity contribution in [3.8, 4) is 0 Å². The van der Waals surface area contributed by atoms with Crippen molar-refractivity contribution in [3.05, 3.63) is 35.6 Å². The third-order valence-corrected chi connectivity index (χ3v) is 13.6. The zero-order valence-electron chi connectivity index (χ0n) is 36.0. The van der Waals surface area contributed by atoms with Gasteiger partial charge in [-0.05, 0) is 91.5 Å². The Morgan fingerprint density at radius 3 is 2.28 bits per heavy atom. The average molecular weight is 812 g/mol. The van der Waals surface area contributed by atoms with Crippen molar-refractivity contribution in [2.45, 2.75) is 192 Å². The molecule has 4 saturated heterocycles. The third kappa shape index (κ3) is 9.57. The van der Waals surface area contributed by atoms with E-state index in [-0.39, 0.29) is 36.7 Å². The number of carbonyl (C=O) groups is 1. The second kappa shape index (κ2) is 18.0. The summed E-state index contributed by atoms with van der Waals surface area (Å²) >= 11 is 0. The maximum atomic E-state index is 14.4. The highest BCUT2D eigenvalue weighted by Gasteiger charge is 2.59. The van der Waals surface area contributed by atoms with Crippen molar-refractivity contribution in [3.63, 3.8) is 0 Å². The summed E-state index contributed by atoms with van der Waals surface area (Å²) in [7, 11) is 3.43. The summed E-state index contributed by atoms with van der Waals surface area (Å²) in [5, 5.41) is 45.9. The number of likely N-dealkylation sites (N-methyl/N-ethyl adjacent to an activating group) is 1. The first-order chi connectivity index (χ1) is 26.6. The normalized spacial score (nSPS) is 44.9. The number of esters is 1. The Kier molecular flexibility index (Phi) is 14.6. The molecule has 0 amide bonds. The van der Waals surface area contributed by atoms with Crippen LogP contribution in [0.25, 0.3) is 0 Å². The maximum Gasteiger partial charge on any atom is 0.311 e. The summed E-state index contributed by atoms with van der Waals surface area (Å²) in [6.07, 6.45) is -8.25.